The average Bonchev–Trinajstić information content (AvgIpc) is 3.22. The van der Waals surface area contributed by atoms with Gasteiger partial charge in [-0.1, -0.05) is 31.5 Å². The lowest BCUT2D eigenvalue weighted by Gasteiger charge is -2.10. The van der Waals surface area contributed by atoms with E-state index in [0.29, 0.717) is 17.5 Å². The number of nitrogens with zero attached hydrogens (tertiary/aromatic N) is 1. The molecular weight excluding hydrogens is 461 g/mol. The number of anilines is 1. The van der Waals surface area contributed by atoms with Crippen LogP contribution in [0.15, 0.2) is 65.1 Å². The molecule has 0 saturated heterocycles. The Morgan fingerprint density at radius 3 is 2.61 bits per heavy atom. The summed E-state index contributed by atoms with van der Waals surface area (Å²) in [6, 6.07) is 16.9. The molecule has 0 fully saturated rings. The minimum absolute atomic E-state index is 0.00857. The number of amides is 1. The monoisotopic (exact) mass is 481 g/mol. The van der Waals surface area contributed by atoms with E-state index in [1.165, 1.54) is 11.6 Å². The van der Waals surface area contributed by atoms with Crippen molar-refractivity contribution < 1.29 is 13.6 Å². The highest BCUT2D eigenvalue weighted by Gasteiger charge is 2.14. The number of hydrogen-bond donors (Lipinski definition) is 2. The van der Waals surface area contributed by atoms with Gasteiger partial charge in [0.2, 0.25) is 5.89 Å². The first-order valence-electron chi connectivity index (χ1n) is 10.4. The van der Waals surface area contributed by atoms with Crippen LogP contribution in [0.3, 0.4) is 0 Å². The van der Waals surface area contributed by atoms with E-state index in [4.69, 9.17) is 28.2 Å². The van der Waals surface area contributed by atoms with Gasteiger partial charge in [-0.2, -0.15) is 0 Å². The summed E-state index contributed by atoms with van der Waals surface area (Å²) in [5, 5.41) is 5.57. The Morgan fingerprint density at radius 2 is 1.91 bits per heavy atom. The van der Waals surface area contributed by atoms with Crippen LogP contribution in [0.5, 0.6) is 0 Å². The van der Waals surface area contributed by atoms with Crippen molar-refractivity contribution in [3.8, 4) is 11.5 Å². The number of benzene rings is 3. The summed E-state index contributed by atoms with van der Waals surface area (Å²) in [6.07, 6.45) is 1.06. The number of nitrogens with one attached hydrogen (secondary N) is 2. The first-order valence-corrected chi connectivity index (χ1v) is 11.2. The summed E-state index contributed by atoms with van der Waals surface area (Å²) < 4.78 is 19.1. The van der Waals surface area contributed by atoms with Crippen LogP contribution in [0.1, 0.15) is 42.1 Å². The van der Waals surface area contributed by atoms with E-state index in [-0.39, 0.29) is 15.7 Å². The smallest absolute Gasteiger partial charge is 0.258 e. The summed E-state index contributed by atoms with van der Waals surface area (Å²) in [6.45, 7) is 4.35. The van der Waals surface area contributed by atoms with Crippen LogP contribution < -0.4 is 10.6 Å². The Hall–Kier alpha value is -3.29. The van der Waals surface area contributed by atoms with Crippen LogP contribution in [-0.2, 0) is 0 Å². The Kier molecular flexibility index (Phi) is 6.72. The van der Waals surface area contributed by atoms with Crippen molar-refractivity contribution in [2.24, 2.45) is 0 Å². The zero-order valence-electron chi connectivity index (χ0n) is 18.0. The number of fused-ring (bicyclic) bond motifs is 1. The van der Waals surface area contributed by atoms with Crippen molar-refractivity contribution in [1.29, 1.82) is 0 Å². The topological polar surface area (TPSA) is 67.2 Å². The van der Waals surface area contributed by atoms with Gasteiger partial charge < -0.3 is 9.73 Å². The van der Waals surface area contributed by atoms with Crippen molar-refractivity contribution in [1.82, 2.24) is 10.3 Å². The predicted octanol–water partition coefficient (Wildman–Crippen LogP) is 6.93. The standard InChI is InChI=1S/C25H21ClFN3O2S/c1-3-14(2)16-6-11-22-21(12-16)29-24(32-22)15-4-8-18(9-5-15)28-25(33)30-23(31)19-10-7-17(27)13-20(19)26/h4-14H,3H2,1-2H3,(H2,28,30,31,33)/t14-/m0/s1. The van der Waals surface area contributed by atoms with Crippen molar-refractivity contribution in [2.45, 2.75) is 26.2 Å². The summed E-state index contributed by atoms with van der Waals surface area (Å²) in [5.41, 5.74) is 4.42. The van der Waals surface area contributed by atoms with Gasteiger partial charge in [0, 0.05) is 11.3 Å². The Labute approximate surface area is 201 Å². The number of halogens is 2. The quantitative estimate of drug-likeness (QED) is 0.302. The van der Waals surface area contributed by atoms with Gasteiger partial charge >= 0.3 is 0 Å². The maximum Gasteiger partial charge on any atom is 0.258 e. The van der Waals surface area contributed by atoms with Crippen molar-refractivity contribution in [3.63, 3.8) is 0 Å². The first-order chi connectivity index (χ1) is 15.8. The van der Waals surface area contributed by atoms with Crippen molar-refractivity contribution in [3.05, 3.63) is 82.6 Å². The van der Waals surface area contributed by atoms with Gasteiger partial charge in [-0.3, -0.25) is 10.1 Å². The molecule has 0 aliphatic heterocycles. The van der Waals surface area contributed by atoms with E-state index >= 15 is 0 Å². The molecule has 4 rings (SSSR count). The molecule has 8 heteroatoms. The fourth-order valence-corrected chi connectivity index (χ4v) is 3.78. The molecule has 0 spiro atoms. The molecule has 0 bridgehead atoms. The van der Waals surface area contributed by atoms with E-state index in [9.17, 15) is 9.18 Å². The van der Waals surface area contributed by atoms with Crippen LogP contribution in [0.2, 0.25) is 5.02 Å². The van der Waals surface area contributed by atoms with Crippen LogP contribution in [0, 0.1) is 5.82 Å². The molecule has 1 amide bonds. The zero-order chi connectivity index (χ0) is 23.5. The number of hydrogen-bond acceptors (Lipinski definition) is 4. The van der Waals surface area contributed by atoms with E-state index < -0.39 is 11.7 Å². The third-order valence-corrected chi connectivity index (χ3v) is 5.90. The molecule has 0 radical (unpaired) electrons. The molecule has 168 valence electrons. The number of rotatable bonds is 5. The summed E-state index contributed by atoms with van der Waals surface area (Å²) in [5.74, 6) is -0.0624. The van der Waals surface area contributed by atoms with Gasteiger partial charge in [0.1, 0.15) is 11.3 Å². The summed E-state index contributed by atoms with van der Waals surface area (Å²) in [7, 11) is 0. The van der Waals surface area contributed by atoms with Gasteiger partial charge in [0.25, 0.3) is 5.91 Å². The first kappa shape index (κ1) is 22.9. The molecule has 0 aliphatic carbocycles. The van der Waals surface area contributed by atoms with Crippen LogP contribution >= 0.6 is 23.8 Å². The van der Waals surface area contributed by atoms with Gasteiger partial charge in [-0.25, -0.2) is 9.37 Å². The molecule has 1 atom stereocenters. The van der Waals surface area contributed by atoms with E-state index in [2.05, 4.69) is 41.6 Å². The molecular formula is C25H21ClFN3O2S. The van der Waals surface area contributed by atoms with Crippen LogP contribution in [0.4, 0.5) is 10.1 Å². The fourth-order valence-electron chi connectivity index (χ4n) is 3.31. The number of carbonyl (C=O) groups is 1. The minimum Gasteiger partial charge on any atom is -0.436 e. The normalized spacial score (nSPS) is 11.9. The lowest BCUT2D eigenvalue weighted by Crippen LogP contribution is -2.34. The second-order valence-corrected chi connectivity index (χ2v) is 8.48. The molecule has 2 N–H and O–H groups in total. The summed E-state index contributed by atoms with van der Waals surface area (Å²) >= 11 is 11.1. The minimum atomic E-state index is -0.530. The summed E-state index contributed by atoms with van der Waals surface area (Å²) in [4.78, 5) is 17.0. The van der Waals surface area contributed by atoms with Crippen molar-refractivity contribution >= 4 is 51.6 Å². The van der Waals surface area contributed by atoms with E-state index in [1.807, 2.05) is 18.2 Å². The second-order valence-electron chi connectivity index (χ2n) is 7.67. The van der Waals surface area contributed by atoms with Crippen molar-refractivity contribution in [2.75, 3.05) is 5.32 Å². The van der Waals surface area contributed by atoms with E-state index in [0.717, 1.165) is 35.2 Å². The van der Waals surface area contributed by atoms with Gasteiger partial charge in [0.05, 0.1) is 10.6 Å². The van der Waals surface area contributed by atoms with E-state index in [1.54, 1.807) is 12.1 Å². The third-order valence-electron chi connectivity index (χ3n) is 5.39. The lowest BCUT2D eigenvalue weighted by atomic mass is 9.98. The van der Waals surface area contributed by atoms with Crippen LogP contribution in [0.25, 0.3) is 22.6 Å². The molecule has 4 aromatic rings. The molecule has 3 aromatic carbocycles. The fraction of sp³-hybridized carbons (Fsp3) is 0.160. The average molecular weight is 482 g/mol. The molecule has 0 aliphatic rings. The zero-order valence-corrected chi connectivity index (χ0v) is 19.6. The molecule has 33 heavy (non-hydrogen) atoms. The highest BCUT2D eigenvalue weighted by Crippen LogP contribution is 2.28. The molecule has 0 unspecified atom stereocenters. The Bertz CT molecular complexity index is 1340. The number of aromatic nitrogens is 1. The molecule has 1 heterocycles. The number of thiocarbonyl (C=S) groups is 1. The highest BCUT2D eigenvalue weighted by molar-refractivity contribution is 7.80. The Balaban J connectivity index is 1.43. The van der Waals surface area contributed by atoms with Crippen LogP contribution in [-0.4, -0.2) is 16.0 Å². The highest BCUT2D eigenvalue weighted by atomic mass is 35.5. The predicted molar refractivity (Wildman–Crippen MR) is 133 cm³/mol. The van der Waals surface area contributed by atoms with Gasteiger partial charge in [0.15, 0.2) is 10.7 Å². The third kappa shape index (κ3) is 5.21. The second kappa shape index (κ2) is 9.68. The van der Waals surface area contributed by atoms with Gasteiger partial charge in [-0.15, -0.1) is 0 Å². The lowest BCUT2D eigenvalue weighted by molar-refractivity contribution is 0.0978. The molecule has 0 saturated carbocycles. The Morgan fingerprint density at radius 1 is 1.15 bits per heavy atom. The maximum atomic E-state index is 13.2. The largest absolute Gasteiger partial charge is 0.436 e. The maximum absolute atomic E-state index is 13.2. The molecule has 5 nitrogen and oxygen atoms in total. The number of oxazole rings is 1. The molecule has 1 aromatic heterocycles. The van der Waals surface area contributed by atoms with Gasteiger partial charge in [-0.05, 0) is 84.7 Å². The number of carbonyl (C=O) groups excluding carboxylic acids is 1. The SMILES string of the molecule is CC[C@H](C)c1ccc2oc(-c3ccc(NC(=S)NC(=O)c4ccc(F)cc4Cl)cc3)nc2c1.